The van der Waals surface area contributed by atoms with Gasteiger partial charge in [-0.05, 0) is 31.1 Å². The van der Waals surface area contributed by atoms with Crippen LogP contribution in [0.5, 0.6) is 0 Å². The van der Waals surface area contributed by atoms with Crippen LogP contribution in [0.2, 0.25) is 0 Å². The molecule has 1 rings (SSSR count). The first-order valence-electron chi connectivity index (χ1n) is 6.41. The van der Waals surface area contributed by atoms with E-state index in [1.807, 2.05) is 0 Å². The standard InChI is InChI=1S/C13H24N2OS/c1-11(2)5-8-17-10-13(16)15-9-12-3-6-14-7-4-12/h3,11,14H,4-10H2,1-2H3,(H,15,16). The van der Waals surface area contributed by atoms with E-state index in [1.165, 1.54) is 12.0 Å². The summed E-state index contributed by atoms with van der Waals surface area (Å²) in [5.41, 5.74) is 1.35. The molecule has 0 aromatic carbocycles. The van der Waals surface area contributed by atoms with E-state index in [4.69, 9.17) is 0 Å². The molecule has 0 bridgehead atoms. The summed E-state index contributed by atoms with van der Waals surface area (Å²) in [7, 11) is 0. The molecule has 1 aliphatic heterocycles. The lowest BCUT2D eigenvalue weighted by Crippen LogP contribution is -2.30. The van der Waals surface area contributed by atoms with Gasteiger partial charge in [-0.15, -0.1) is 0 Å². The Bertz CT molecular complexity index is 264. The molecule has 1 aliphatic rings. The van der Waals surface area contributed by atoms with Crippen molar-refractivity contribution < 1.29 is 4.79 Å². The predicted molar refractivity (Wildman–Crippen MR) is 75.4 cm³/mol. The maximum absolute atomic E-state index is 11.6. The first-order valence-corrected chi connectivity index (χ1v) is 7.57. The smallest absolute Gasteiger partial charge is 0.230 e. The molecule has 0 fully saturated rings. The van der Waals surface area contributed by atoms with Crippen LogP contribution < -0.4 is 10.6 Å². The van der Waals surface area contributed by atoms with Gasteiger partial charge < -0.3 is 10.6 Å². The fraction of sp³-hybridized carbons (Fsp3) is 0.769. The quantitative estimate of drug-likeness (QED) is 0.539. The van der Waals surface area contributed by atoms with E-state index in [9.17, 15) is 4.79 Å². The summed E-state index contributed by atoms with van der Waals surface area (Å²) in [6.07, 6.45) is 4.42. The summed E-state index contributed by atoms with van der Waals surface area (Å²) in [5.74, 6) is 2.57. The van der Waals surface area contributed by atoms with E-state index in [0.717, 1.165) is 37.7 Å². The molecule has 1 heterocycles. The number of amides is 1. The van der Waals surface area contributed by atoms with Crippen molar-refractivity contribution in [1.29, 1.82) is 0 Å². The zero-order chi connectivity index (χ0) is 12.5. The molecule has 0 saturated heterocycles. The second-order valence-corrected chi connectivity index (χ2v) is 5.93. The fourth-order valence-corrected chi connectivity index (χ4v) is 2.65. The Morgan fingerprint density at radius 2 is 2.41 bits per heavy atom. The van der Waals surface area contributed by atoms with Crippen LogP contribution in [0.15, 0.2) is 11.6 Å². The van der Waals surface area contributed by atoms with Crippen LogP contribution in [0, 0.1) is 5.92 Å². The van der Waals surface area contributed by atoms with Gasteiger partial charge in [-0.1, -0.05) is 25.5 Å². The largest absolute Gasteiger partial charge is 0.352 e. The third-order valence-corrected chi connectivity index (χ3v) is 3.73. The summed E-state index contributed by atoms with van der Waals surface area (Å²) in [6.45, 7) is 7.12. The summed E-state index contributed by atoms with van der Waals surface area (Å²) in [6, 6.07) is 0. The fourth-order valence-electron chi connectivity index (χ4n) is 1.58. The predicted octanol–water partition coefficient (Wildman–Crippen LogP) is 1.80. The second kappa shape index (κ2) is 8.59. The highest BCUT2D eigenvalue weighted by Gasteiger charge is 2.05. The van der Waals surface area contributed by atoms with Gasteiger partial charge >= 0.3 is 0 Å². The molecule has 2 N–H and O–H groups in total. The third-order valence-electron chi connectivity index (χ3n) is 2.74. The van der Waals surface area contributed by atoms with Crippen LogP contribution in [0.4, 0.5) is 0 Å². The van der Waals surface area contributed by atoms with Crippen molar-refractivity contribution >= 4 is 17.7 Å². The van der Waals surface area contributed by atoms with Crippen molar-refractivity contribution in [2.24, 2.45) is 5.92 Å². The monoisotopic (exact) mass is 256 g/mol. The maximum Gasteiger partial charge on any atom is 0.230 e. The van der Waals surface area contributed by atoms with E-state index in [0.29, 0.717) is 5.75 Å². The number of carbonyl (C=O) groups excluding carboxylic acids is 1. The number of nitrogens with one attached hydrogen (secondary N) is 2. The highest BCUT2D eigenvalue weighted by atomic mass is 32.2. The van der Waals surface area contributed by atoms with E-state index >= 15 is 0 Å². The van der Waals surface area contributed by atoms with Crippen LogP contribution >= 0.6 is 11.8 Å². The lowest BCUT2D eigenvalue weighted by molar-refractivity contribution is -0.118. The molecule has 0 aliphatic carbocycles. The van der Waals surface area contributed by atoms with Crippen LogP contribution in [-0.2, 0) is 4.79 Å². The minimum Gasteiger partial charge on any atom is -0.352 e. The Balaban J connectivity index is 2.02. The zero-order valence-corrected chi connectivity index (χ0v) is 11.7. The first kappa shape index (κ1) is 14.6. The summed E-state index contributed by atoms with van der Waals surface area (Å²) >= 11 is 1.73. The van der Waals surface area contributed by atoms with Gasteiger partial charge in [0.2, 0.25) is 5.91 Å². The van der Waals surface area contributed by atoms with Crippen LogP contribution in [0.25, 0.3) is 0 Å². The molecule has 1 amide bonds. The lowest BCUT2D eigenvalue weighted by Gasteiger charge is -2.14. The van der Waals surface area contributed by atoms with Crippen LogP contribution in [0.1, 0.15) is 26.7 Å². The molecule has 0 spiro atoms. The molecule has 98 valence electrons. The Morgan fingerprint density at radius 1 is 1.59 bits per heavy atom. The molecule has 3 nitrogen and oxygen atoms in total. The summed E-state index contributed by atoms with van der Waals surface area (Å²) in [4.78, 5) is 11.6. The second-order valence-electron chi connectivity index (χ2n) is 4.83. The number of thioether (sulfide) groups is 1. The third kappa shape index (κ3) is 7.45. The van der Waals surface area contributed by atoms with Crippen molar-refractivity contribution in [3.63, 3.8) is 0 Å². The Labute approximate surface area is 109 Å². The SMILES string of the molecule is CC(C)CCSCC(=O)NCC1=CCNCC1. The van der Waals surface area contributed by atoms with E-state index in [2.05, 4.69) is 30.6 Å². The maximum atomic E-state index is 11.6. The molecule has 0 unspecified atom stereocenters. The van der Waals surface area contributed by atoms with Crippen molar-refractivity contribution in [2.45, 2.75) is 26.7 Å². The topological polar surface area (TPSA) is 41.1 Å². The van der Waals surface area contributed by atoms with E-state index < -0.39 is 0 Å². The molecule has 0 aromatic heterocycles. The molecule has 0 aromatic rings. The highest BCUT2D eigenvalue weighted by molar-refractivity contribution is 7.99. The minimum absolute atomic E-state index is 0.165. The Kier molecular flexibility index (Phi) is 7.37. The van der Waals surface area contributed by atoms with E-state index in [1.54, 1.807) is 11.8 Å². The minimum atomic E-state index is 0.165. The number of hydrogen-bond donors (Lipinski definition) is 2. The zero-order valence-electron chi connectivity index (χ0n) is 10.9. The number of carbonyl (C=O) groups is 1. The van der Waals surface area contributed by atoms with E-state index in [-0.39, 0.29) is 5.91 Å². The Hall–Kier alpha value is -0.480. The highest BCUT2D eigenvalue weighted by Crippen LogP contribution is 2.08. The van der Waals surface area contributed by atoms with Gasteiger partial charge in [0.1, 0.15) is 0 Å². The van der Waals surface area contributed by atoms with Gasteiger partial charge in [-0.2, -0.15) is 11.8 Å². The van der Waals surface area contributed by atoms with Gasteiger partial charge in [0, 0.05) is 13.1 Å². The van der Waals surface area contributed by atoms with Crippen molar-refractivity contribution in [2.75, 3.05) is 31.1 Å². The lowest BCUT2D eigenvalue weighted by atomic mass is 10.1. The van der Waals surface area contributed by atoms with Gasteiger partial charge in [-0.3, -0.25) is 4.79 Å². The molecular formula is C13H24N2OS. The molecule has 0 saturated carbocycles. The van der Waals surface area contributed by atoms with Crippen molar-refractivity contribution in [3.05, 3.63) is 11.6 Å². The molecule has 0 radical (unpaired) electrons. The molecule has 17 heavy (non-hydrogen) atoms. The molecule has 4 heteroatoms. The first-order chi connectivity index (χ1) is 8.18. The van der Waals surface area contributed by atoms with Crippen molar-refractivity contribution in [1.82, 2.24) is 10.6 Å². The average Bonchev–Trinajstić information content (AvgIpc) is 2.33. The summed E-state index contributed by atoms with van der Waals surface area (Å²) < 4.78 is 0. The number of rotatable bonds is 7. The van der Waals surface area contributed by atoms with Crippen LogP contribution in [-0.4, -0.2) is 37.0 Å². The van der Waals surface area contributed by atoms with Gasteiger partial charge in [0.05, 0.1) is 5.75 Å². The molecular weight excluding hydrogens is 232 g/mol. The molecule has 0 atom stereocenters. The van der Waals surface area contributed by atoms with Gasteiger partial charge in [-0.25, -0.2) is 0 Å². The normalized spacial score (nSPS) is 15.8. The van der Waals surface area contributed by atoms with Gasteiger partial charge in [0.15, 0.2) is 0 Å². The van der Waals surface area contributed by atoms with Crippen molar-refractivity contribution in [3.8, 4) is 0 Å². The van der Waals surface area contributed by atoms with Crippen LogP contribution in [0.3, 0.4) is 0 Å². The summed E-state index contributed by atoms with van der Waals surface area (Å²) in [5, 5.41) is 6.25. The average molecular weight is 256 g/mol. The van der Waals surface area contributed by atoms with Gasteiger partial charge in [0.25, 0.3) is 0 Å². The Morgan fingerprint density at radius 3 is 3.06 bits per heavy atom. The number of hydrogen-bond acceptors (Lipinski definition) is 3.